The van der Waals surface area contributed by atoms with Gasteiger partial charge in [0, 0.05) is 37.2 Å². The molecule has 3 rings (SSSR count). The van der Waals surface area contributed by atoms with E-state index in [1.807, 2.05) is 30.3 Å². The van der Waals surface area contributed by atoms with Gasteiger partial charge < -0.3 is 10.2 Å². The molecule has 7 nitrogen and oxygen atoms in total. The van der Waals surface area contributed by atoms with Crippen LogP contribution in [0.5, 0.6) is 0 Å². The Hall–Kier alpha value is -3.22. The van der Waals surface area contributed by atoms with E-state index in [9.17, 15) is 19.7 Å². The third-order valence-electron chi connectivity index (χ3n) is 4.62. The molecule has 27 heavy (non-hydrogen) atoms. The first-order valence-electron chi connectivity index (χ1n) is 8.92. The first-order chi connectivity index (χ1) is 13.0. The summed E-state index contributed by atoms with van der Waals surface area (Å²) in [5.41, 5.74) is 0.944. The predicted molar refractivity (Wildman–Crippen MR) is 100 cm³/mol. The number of rotatable bonds is 6. The molecule has 0 aliphatic carbocycles. The summed E-state index contributed by atoms with van der Waals surface area (Å²) in [6, 6.07) is 14.3. The molecule has 0 spiro atoms. The molecule has 2 amide bonds. The number of non-ortho nitro benzene ring substituents is 1. The van der Waals surface area contributed by atoms with E-state index < -0.39 is 16.9 Å². The number of nitro groups is 1. The molecule has 0 radical (unpaired) electrons. The van der Waals surface area contributed by atoms with Crippen LogP contribution in [0.2, 0.25) is 0 Å². The van der Waals surface area contributed by atoms with Crippen molar-refractivity contribution < 1.29 is 14.5 Å². The van der Waals surface area contributed by atoms with Gasteiger partial charge in [0.15, 0.2) is 0 Å². The van der Waals surface area contributed by atoms with E-state index in [0.717, 1.165) is 18.4 Å². The highest BCUT2D eigenvalue weighted by molar-refractivity contribution is 5.98. The van der Waals surface area contributed by atoms with Crippen LogP contribution in [0.3, 0.4) is 0 Å². The zero-order valence-electron chi connectivity index (χ0n) is 14.8. The van der Waals surface area contributed by atoms with Crippen molar-refractivity contribution in [3.05, 3.63) is 75.8 Å². The molecule has 0 bridgehead atoms. The van der Waals surface area contributed by atoms with Crippen LogP contribution in [-0.2, 0) is 11.2 Å². The summed E-state index contributed by atoms with van der Waals surface area (Å²) in [6.45, 7) is 1.38. The molecule has 2 aromatic rings. The lowest BCUT2D eigenvalue weighted by molar-refractivity contribution is -0.384. The fourth-order valence-electron chi connectivity index (χ4n) is 3.21. The Labute approximate surface area is 157 Å². The van der Waals surface area contributed by atoms with Crippen LogP contribution in [0.25, 0.3) is 0 Å². The van der Waals surface area contributed by atoms with E-state index >= 15 is 0 Å². The lowest BCUT2D eigenvalue weighted by Crippen LogP contribution is -2.49. The van der Waals surface area contributed by atoms with Crippen molar-refractivity contribution >= 4 is 17.5 Å². The van der Waals surface area contributed by atoms with Crippen molar-refractivity contribution in [1.29, 1.82) is 0 Å². The number of nitro benzene ring substituents is 1. The van der Waals surface area contributed by atoms with Crippen LogP contribution >= 0.6 is 0 Å². The van der Waals surface area contributed by atoms with Gasteiger partial charge in [0.25, 0.3) is 11.6 Å². The third-order valence-corrected chi connectivity index (χ3v) is 4.62. The van der Waals surface area contributed by atoms with Gasteiger partial charge in [0.2, 0.25) is 5.91 Å². The van der Waals surface area contributed by atoms with Gasteiger partial charge in [-0.1, -0.05) is 36.4 Å². The minimum Gasteiger partial charge on any atom is -0.341 e. The molecule has 1 heterocycles. The second kappa shape index (κ2) is 8.44. The summed E-state index contributed by atoms with van der Waals surface area (Å²) in [5.74, 6) is -0.609. The third kappa shape index (κ3) is 4.69. The number of nitrogens with one attached hydrogen (secondary N) is 1. The van der Waals surface area contributed by atoms with Gasteiger partial charge in [-0.2, -0.15) is 0 Å². The van der Waals surface area contributed by atoms with E-state index in [0.29, 0.717) is 19.5 Å². The molecule has 1 fully saturated rings. The molecule has 2 aromatic carbocycles. The van der Waals surface area contributed by atoms with Crippen molar-refractivity contribution in [3.63, 3.8) is 0 Å². The number of carbonyl (C=O) groups is 2. The standard InChI is InChI=1S/C20H21N3O4/c24-19(16-9-6-10-17(14-16)23(26)27)21-18(13-15-7-2-1-3-8-15)20(25)22-11-4-5-12-22/h1-3,6-10,14,18H,4-5,11-13H2,(H,21,24). The number of nitrogens with zero attached hydrogens (tertiary/aromatic N) is 2. The van der Waals surface area contributed by atoms with Gasteiger partial charge in [-0.15, -0.1) is 0 Å². The quantitative estimate of drug-likeness (QED) is 0.627. The normalized spacial score (nSPS) is 14.6. The van der Waals surface area contributed by atoms with Crippen LogP contribution in [0.15, 0.2) is 54.6 Å². The summed E-state index contributed by atoms with van der Waals surface area (Å²) in [7, 11) is 0. The Balaban J connectivity index is 1.79. The maximum Gasteiger partial charge on any atom is 0.270 e. The Kier molecular flexibility index (Phi) is 5.80. The van der Waals surface area contributed by atoms with Crippen LogP contribution in [-0.4, -0.2) is 40.8 Å². The highest BCUT2D eigenvalue weighted by Gasteiger charge is 2.28. The number of likely N-dealkylation sites (tertiary alicyclic amines) is 1. The lowest BCUT2D eigenvalue weighted by atomic mass is 10.0. The van der Waals surface area contributed by atoms with Crippen molar-refractivity contribution in [3.8, 4) is 0 Å². The van der Waals surface area contributed by atoms with E-state index in [1.54, 1.807) is 4.90 Å². The average Bonchev–Trinajstić information content (AvgIpc) is 3.22. The van der Waals surface area contributed by atoms with Gasteiger partial charge in [0.1, 0.15) is 6.04 Å². The second-order valence-electron chi connectivity index (χ2n) is 6.56. The first kappa shape index (κ1) is 18.6. The summed E-state index contributed by atoms with van der Waals surface area (Å²) in [4.78, 5) is 37.7. The van der Waals surface area contributed by atoms with Gasteiger partial charge >= 0.3 is 0 Å². The number of carbonyl (C=O) groups excluding carboxylic acids is 2. The Morgan fingerprint density at radius 2 is 1.78 bits per heavy atom. The number of hydrogen-bond donors (Lipinski definition) is 1. The Bertz CT molecular complexity index is 832. The van der Waals surface area contributed by atoms with Gasteiger partial charge in [0.05, 0.1) is 4.92 Å². The Morgan fingerprint density at radius 1 is 1.07 bits per heavy atom. The summed E-state index contributed by atoms with van der Waals surface area (Å²) < 4.78 is 0. The van der Waals surface area contributed by atoms with Crippen molar-refractivity contribution in [1.82, 2.24) is 10.2 Å². The fourth-order valence-corrected chi connectivity index (χ4v) is 3.21. The summed E-state index contributed by atoms with van der Waals surface area (Å²) >= 11 is 0. The van der Waals surface area contributed by atoms with Crippen molar-refractivity contribution in [2.45, 2.75) is 25.3 Å². The maximum absolute atomic E-state index is 12.9. The minimum absolute atomic E-state index is 0.116. The first-order valence-corrected chi connectivity index (χ1v) is 8.92. The Morgan fingerprint density at radius 3 is 2.44 bits per heavy atom. The molecule has 1 saturated heterocycles. The maximum atomic E-state index is 12.9. The number of benzene rings is 2. The molecule has 1 unspecified atom stereocenters. The van der Waals surface area contributed by atoms with Crippen LogP contribution in [0.4, 0.5) is 5.69 Å². The minimum atomic E-state index is -0.711. The SMILES string of the molecule is O=C(NC(Cc1ccccc1)C(=O)N1CCCC1)c1cccc([N+](=O)[O-])c1. The monoisotopic (exact) mass is 367 g/mol. The largest absolute Gasteiger partial charge is 0.341 e. The van der Waals surface area contributed by atoms with Crippen LogP contribution in [0.1, 0.15) is 28.8 Å². The number of hydrogen-bond acceptors (Lipinski definition) is 4. The molecule has 1 N–H and O–H groups in total. The molecular formula is C20H21N3O4. The average molecular weight is 367 g/mol. The topological polar surface area (TPSA) is 92.6 Å². The van der Waals surface area contributed by atoms with E-state index in [4.69, 9.17) is 0 Å². The molecule has 7 heteroatoms. The van der Waals surface area contributed by atoms with Gasteiger partial charge in [-0.25, -0.2) is 0 Å². The van der Waals surface area contributed by atoms with E-state index in [2.05, 4.69) is 5.32 Å². The van der Waals surface area contributed by atoms with Gasteiger partial charge in [-0.3, -0.25) is 19.7 Å². The van der Waals surface area contributed by atoms with E-state index in [-0.39, 0.29) is 17.2 Å². The second-order valence-corrected chi connectivity index (χ2v) is 6.56. The smallest absolute Gasteiger partial charge is 0.270 e. The van der Waals surface area contributed by atoms with E-state index in [1.165, 1.54) is 24.3 Å². The molecule has 1 atom stereocenters. The van der Waals surface area contributed by atoms with Crippen molar-refractivity contribution in [2.24, 2.45) is 0 Å². The van der Waals surface area contributed by atoms with Gasteiger partial charge in [-0.05, 0) is 24.5 Å². The fraction of sp³-hybridized carbons (Fsp3) is 0.300. The molecule has 140 valence electrons. The van der Waals surface area contributed by atoms with Crippen LogP contribution in [0, 0.1) is 10.1 Å². The molecule has 1 aliphatic heterocycles. The molecule has 0 saturated carbocycles. The summed E-state index contributed by atoms with van der Waals surface area (Å²) in [5, 5.41) is 13.7. The predicted octanol–water partition coefficient (Wildman–Crippen LogP) is 2.56. The molecular weight excluding hydrogens is 346 g/mol. The number of amides is 2. The highest BCUT2D eigenvalue weighted by Crippen LogP contribution is 2.15. The lowest BCUT2D eigenvalue weighted by Gasteiger charge is -2.24. The molecule has 1 aliphatic rings. The highest BCUT2D eigenvalue weighted by atomic mass is 16.6. The zero-order chi connectivity index (χ0) is 19.2. The molecule has 0 aromatic heterocycles. The zero-order valence-corrected chi connectivity index (χ0v) is 14.8. The summed E-state index contributed by atoms with van der Waals surface area (Å²) in [6.07, 6.45) is 2.29. The van der Waals surface area contributed by atoms with Crippen molar-refractivity contribution in [2.75, 3.05) is 13.1 Å². The van der Waals surface area contributed by atoms with Crippen LogP contribution < -0.4 is 5.32 Å².